The zero-order chi connectivity index (χ0) is 18.5. The van der Waals surface area contributed by atoms with E-state index in [2.05, 4.69) is 113 Å². The van der Waals surface area contributed by atoms with Gasteiger partial charge in [0.2, 0.25) is 0 Å². The zero-order valence-electron chi connectivity index (χ0n) is 16.6. The molecular weight excluding hydrogens is 405 g/mol. The number of alkyl halides is 1. The highest BCUT2D eigenvalue weighted by Crippen LogP contribution is 2.38. The quantitative estimate of drug-likeness (QED) is 0.112. The molecule has 0 spiro atoms. The predicted octanol–water partition coefficient (Wildman–Crippen LogP) is 7.21. The summed E-state index contributed by atoms with van der Waals surface area (Å²) in [5.41, 5.74) is 4.34. The Labute approximate surface area is 164 Å². The Bertz CT molecular complexity index is 494. The molecule has 0 heterocycles. The number of hydrogen-bond acceptors (Lipinski definition) is 1. The van der Waals surface area contributed by atoms with Crippen LogP contribution < -0.4 is 0 Å². The van der Waals surface area contributed by atoms with Crippen LogP contribution >= 0.6 is 22.6 Å². The van der Waals surface area contributed by atoms with Gasteiger partial charge in [0.15, 0.2) is 0 Å². The van der Waals surface area contributed by atoms with Gasteiger partial charge >= 0.3 is 0 Å². The fraction of sp³-hybridized carbons (Fsp3) is 0.591. The maximum Gasteiger partial charge on any atom is 0.0357 e. The summed E-state index contributed by atoms with van der Waals surface area (Å²) in [5.74, 6) is 1.26. The molecule has 0 aromatic carbocycles. The molecule has 0 aliphatic carbocycles. The van der Waals surface area contributed by atoms with Crippen molar-refractivity contribution in [3.63, 3.8) is 0 Å². The molecule has 1 nitrogen and oxygen atoms in total. The van der Waals surface area contributed by atoms with Gasteiger partial charge in [-0.2, -0.15) is 0 Å². The Balaban J connectivity index is 6.22. The number of nitrogens with zero attached hydrogens (tertiary/aromatic N) is 1. The van der Waals surface area contributed by atoms with E-state index in [-0.39, 0.29) is 0 Å². The fourth-order valence-electron chi connectivity index (χ4n) is 3.32. The lowest BCUT2D eigenvalue weighted by Crippen LogP contribution is -2.26. The van der Waals surface area contributed by atoms with Crippen molar-refractivity contribution in [2.24, 2.45) is 22.7 Å². The van der Waals surface area contributed by atoms with E-state index >= 15 is 0 Å². The molecule has 0 aromatic heterocycles. The summed E-state index contributed by atoms with van der Waals surface area (Å²) in [4.78, 5) is 4.54. The van der Waals surface area contributed by atoms with Crippen molar-refractivity contribution in [2.75, 3.05) is 11.0 Å². The van der Waals surface area contributed by atoms with Crippen molar-refractivity contribution >= 4 is 28.8 Å². The minimum Gasteiger partial charge on any atom is -0.298 e. The van der Waals surface area contributed by atoms with Crippen molar-refractivity contribution in [3.05, 3.63) is 47.1 Å². The van der Waals surface area contributed by atoms with Crippen LogP contribution in [0.4, 0.5) is 0 Å². The van der Waals surface area contributed by atoms with Crippen molar-refractivity contribution in [1.29, 1.82) is 0 Å². The monoisotopic (exact) mass is 441 g/mol. The first kappa shape index (κ1) is 23.4. The SMILES string of the molecule is C/C=C\C(=C/CI)C(/C(C)=C/CC)C(/C(C)=C/C)C(C)C=NCC. The van der Waals surface area contributed by atoms with Crippen molar-refractivity contribution in [3.8, 4) is 0 Å². The van der Waals surface area contributed by atoms with E-state index in [9.17, 15) is 0 Å². The fourth-order valence-corrected chi connectivity index (χ4v) is 3.83. The van der Waals surface area contributed by atoms with Crippen molar-refractivity contribution in [1.82, 2.24) is 0 Å². The van der Waals surface area contributed by atoms with Crippen LogP contribution in [0.5, 0.6) is 0 Å². The lowest BCUT2D eigenvalue weighted by molar-refractivity contribution is 0.422. The van der Waals surface area contributed by atoms with Gasteiger partial charge in [-0.1, -0.05) is 78.0 Å². The van der Waals surface area contributed by atoms with Gasteiger partial charge < -0.3 is 0 Å². The Morgan fingerprint density at radius 1 is 1.08 bits per heavy atom. The van der Waals surface area contributed by atoms with Crippen LogP contribution in [0.3, 0.4) is 0 Å². The minimum atomic E-state index is 0.408. The molecular formula is C22H36IN. The summed E-state index contributed by atoms with van der Waals surface area (Å²) < 4.78 is 1.03. The highest BCUT2D eigenvalue weighted by molar-refractivity contribution is 14.1. The van der Waals surface area contributed by atoms with Gasteiger partial charge in [-0.3, -0.25) is 4.99 Å². The first-order valence-electron chi connectivity index (χ1n) is 9.16. The molecule has 0 fully saturated rings. The van der Waals surface area contributed by atoms with Gasteiger partial charge in [-0.15, -0.1) is 0 Å². The third kappa shape index (κ3) is 7.50. The molecule has 0 N–H and O–H groups in total. The maximum absolute atomic E-state index is 4.54. The highest BCUT2D eigenvalue weighted by Gasteiger charge is 2.30. The number of halogens is 1. The lowest BCUT2D eigenvalue weighted by Gasteiger charge is -2.33. The number of aliphatic imine (C=N–C) groups is 1. The van der Waals surface area contributed by atoms with Crippen molar-refractivity contribution in [2.45, 2.75) is 54.9 Å². The molecule has 0 saturated carbocycles. The van der Waals surface area contributed by atoms with Crippen molar-refractivity contribution < 1.29 is 0 Å². The Morgan fingerprint density at radius 2 is 1.75 bits per heavy atom. The molecule has 0 bridgehead atoms. The van der Waals surface area contributed by atoms with Crippen LogP contribution in [0.25, 0.3) is 0 Å². The molecule has 3 atom stereocenters. The summed E-state index contributed by atoms with van der Waals surface area (Å²) in [6.07, 6.45) is 14.7. The number of hydrogen-bond donors (Lipinski definition) is 0. The van der Waals surface area contributed by atoms with Gasteiger partial charge in [0.25, 0.3) is 0 Å². The van der Waals surface area contributed by atoms with E-state index in [1.807, 2.05) is 0 Å². The van der Waals surface area contributed by atoms with Crippen LogP contribution in [0.2, 0.25) is 0 Å². The van der Waals surface area contributed by atoms with E-state index in [1.54, 1.807) is 0 Å². The van der Waals surface area contributed by atoms with Gasteiger partial charge in [0.05, 0.1) is 0 Å². The first-order chi connectivity index (χ1) is 11.5. The van der Waals surface area contributed by atoms with Crippen LogP contribution in [0, 0.1) is 17.8 Å². The average molecular weight is 441 g/mol. The average Bonchev–Trinajstić information content (AvgIpc) is 2.56. The molecule has 2 heteroatoms. The van der Waals surface area contributed by atoms with Crippen LogP contribution in [-0.4, -0.2) is 17.2 Å². The molecule has 0 aliphatic heterocycles. The number of allylic oxidation sites excluding steroid dienone is 8. The maximum atomic E-state index is 4.54. The van der Waals surface area contributed by atoms with Gasteiger partial charge in [0.1, 0.15) is 0 Å². The number of rotatable bonds is 10. The standard InChI is InChI=1S/C22H36IN/c1-8-12-18(6)22(20(13-9-2)14-15-23)21(17(5)10-3)19(7)16-24-11-4/h9-10,12-14,16,19,21-22H,8,11,15H2,1-7H3/b13-9-,17-10+,18-12+,20-14+,24-16?. The van der Waals surface area contributed by atoms with E-state index < -0.39 is 0 Å². The molecule has 0 radical (unpaired) electrons. The van der Waals surface area contributed by atoms with E-state index in [0.29, 0.717) is 17.8 Å². The topological polar surface area (TPSA) is 12.4 Å². The normalized spacial score (nSPS) is 18.4. The van der Waals surface area contributed by atoms with E-state index in [4.69, 9.17) is 0 Å². The van der Waals surface area contributed by atoms with Gasteiger partial charge in [0, 0.05) is 23.1 Å². The van der Waals surface area contributed by atoms with Crippen LogP contribution in [-0.2, 0) is 0 Å². The first-order valence-corrected chi connectivity index (χ1v) is 10.7. The molecule has 0 rings (SSSR count). The summed E-state index contributed by atoms with van der Waals surface area (Å²) >= 11 is 2.44. The molecule has 0 aromatic rings. The summed E-state index contributed by atoms with van der Waals surface area (Å²) in [6.45, 7) is 16.3. The summed E-state index contributed by atoms with van der Waals surface area (Å²) in [7, 11) is 0. The lowest BCUT2D eigenvalue weighted by atomic mass is 9.71. The molecule has 0 saturated heterocycles. The van der Waals surface area contributed by atoms with Gasteiger partial charge in [-0.25, -0.2) is 0 Å². The third-order valence-electron chi connectivity index (χ3n) is 4.48. The van der Waals surface area contributed by atoms with Crippen LogP contribution in [0.1, 0.15) is 54.9 Å². The second-order valence-electron chi connectivity index (χ2n) is 6.26. The third-order valence-corrected chi connectivity index (χ3v) is 4.92. The van der Waals surface area contributed by atoms with Crippen LogP contribution in [0.15, 0.2) is 52.1 Å². The van der Waals surface area contributed by atoms with E-state index in [0.717, 1.165) is 17.4 Å². The Morgan fingerprint density at radius 3 is 2.21 bits per heavy atom. The second-order valence-corrected chi connectivity index (χ2v) is 7.14. The highest BCUT2D eigenvalue weighted by atomic mass is 127. The Kier molecular flexibility index (Phi) is 13.3. The van der Waals surface area contributed by atoms with E-state index in [1.165, 1.54) is 16.7 Å². The smallest absolute Gasteiger partial charge is 0.0357 e. The Hall–Kier alpha value is -0.640. The largest absolute Gasteiger partial charge is 0.298 e. The second kappa shape index (κ2) is 13.6. The molecule has 0 amide bonds. The summed E-state index contributed by atoms with van der Waals surface area (Å²) in [5, 5.41) is 0. The van der Waals surface area contributed by atoms with Gasteiger partial charge in [-0.05, 0) is 58.4 Å². The molecule has 136 valence electrons. The molecule has 3 unspecified atom stereocenters. The summed E-state index contributed by atoms with van der Waals surface area (Å²) in [6, 6.07) is 0. The molecule has 24 heavy (non-hydrogen) atoms. The predicted molar refractivity (Wildman–Crippen MR) is 120 cm³/mol. The minimum absolute atomic E-state index is 0.408. The zero-order valence-corrected chi connectivity index (χ0v) is 18.8. The molecule has 0 aliphatic rings.